The highest BCUT2D eigenvalue weighted by Gasteiger charge is 2.31. The summed E-state index contributed by atoms with van der Waals surface area (Å²) in [5, 5.41) is 2.29. The summed E-state index contributed by atoms with van der Waals surface area (Å²) in [5.41, 5.74) is -0.816. The van der Waals surface area contributed by atoms with E-state index in [-0.39, 0.29) is 22.8 Å². The van der Waals surface area contributed by atoms with Crippen LogP contribution in [0.3, 0.4) is 0 Å². The third-order valence-electron chi connectivity index (χ3n) is 4.07. The Morgan fingerprint density at radius 2 is 1.77 bits per heavy atom. The lowest BCUT2D eigenvalue weighted by Crippen LogP contribution is -2.30. The van der Waals surface area contributed by atoms with Crippen molar-refractivity contribution in [1.29, 1.82) is 0 Å². The van der Waals surface area contributed by atoms with E-state index in [0.29, 0.717) is 0 Å². The van der Waals surface area contributed by atoms with Gasteiger partial charge in [0.05, 0.1) is 11.3 Å². The van der Waals surface area contributed by atoms with Crippen LogP contribution in [0.25, 0.3) is 11.3 Å². The molecule has 0 bridgehead atoms. The fourth-order valence-corrected chi connectivity index (χ4v) is 2.52. The number of halogens is 4. The Morgan fingerprint density at radius 1 is 1.03 bits per heavy atom. The number of nitrogens with one attached hydrogen (secondary N) is 1. The molecule has 5 nitrogen and oxygen atoms in total. The minimum absolute atomic E-state index is 0.0245. The van der Waals surface area contributed by atoms with Crippen LogP contribution in [-0.4, -0.2) is 18.0 Å². The molecule has 1 aromatic heterocycles. The highest BCUT2D eigenvalue weighted by atomic mass is 19.4. The minimum Gasteiger partial charge on any atom is -0.449 e. The molecule has 0 aliphatic heterocycles. The molecule has 0 spiro atoms. The number of amides is 1. The van der Waals surface area contributed by atoms with Crippen LogP contribution < -0.4 is 5.32 Å². The number of ether oxygens (including phenoxy) is 1. The van der Waals surface area contributed by atoms with E-state index in [9.17, 15) is 27.2 Å². The molecule has 1 atom stereocenters. The zero-order chi connectivity index (χ0) is 21.9. The number of para-hydroxylation sites is 1. The SMILES string of the molecule is C[C@@H](OC(=O)c1ccc(-c2cccc(C(F)(F)F)c2)o1)C(=O)Nc1ccccc1F. The summed E-state index contributed by atoms with van der Waals surface area (Å²) in [4.78, 5) is 24.3. The largest absolute Gasteiger partial charge is 0.449 e. The molecule has 2 aromatic carbocycles. The Bertz CT molecular complexity index is 1070. The van der Waals surface area contributed by atoms with Crippen LogP contribution in [0, 0.1) is 5.82 Å². The average molecular weight is 421 g/mol. The van der Waals surface area contributed by atoms with Gasteiger partial charge in [-0.1, -0.05) is 24.3 Å². The van der Waals surface area contributed by atoms with E-state index in [1.54, 1.807) is 0 Å². The van der Waals surface area contributed by atoms with Crippen molar-refractivity contribution in [1.82, 2.24) is 0 Å². The smallest absolute Gasteiger partial charge is 0.416 e. The van der Waals surface area contributed by atoms with Gasteiger partial charge in [-0.25, -0.2) is 9.18 Å². The Labute approximate surface area is 168 Å². The molecule has 9 heteroatoms. The first kappa shape index (κ1) is 21.1. The van der Waals surface area contributed by atoms with E-state index in [1.807, 2.05) is 0 Å². The van der Waals surface area contributed by atoms with Gasteiger partial charge in [-0.3, -0.25) is 4.79 Å². The summed E-state index contributed by atoms with van der Waals surface area (Å²) >= 11 is 0. The molecule has 0 fully saturated rings. The summed E-state index contributed by atoms with van der Waals surface area (Å²) in [6.45, 7) is 1.28. The van der Waals surface area contributed by atoms with Gasteiger partial charge in [0.2, 0.25) is 5.76 Å². The van der Waals surface area contributed by atoms with E-state index >= 15 is 0 Å². The number of furan rings is 1. The van der Waals surface area contributed by atoms with Crippen LogP contribution in [-0.2, 0) is 15.7 Å². The minimum atomic E-state index is -4.52. The molecule has 0 saturated heterocycles. The summed E-state index contributed by atoms with van der Waals surface area (Å²) in [6.07, 6.45) is -5.80. The number of carbonyl (C=O) groups excluding carboxylic acids is 2. The van der Waals surface area contributed by atoms with E-state index < -0.39 is 35.5 Å². The first-order valence-corrected chi connectivity index (χ1v) is 8.69. The van der Waals surface area contributed by atoms with Gasteiger partial charge in [-0.2, -0.15) is 13.2 Å². The average Bonchev–Trinajstić information content (AvgIpc) is 3.19. The molecule has 3 rings (SSSR count). The second-order valence-corrected chi connectivity index (χ2v) is 6.26. The molecular weight excluding hydrogens is 406 g/mol. The van der Waals surface area contributed by atoms with Gasteiger partial charge in [0.1, 0.15) is 11.6 Å². The van der Waals surface area contributed by atoms with Crippen molar-refractivity contribution in [2.45, 2.75) is 19.2 Å². The molecule has 0 unspecified atom stereocenters. The lowest BCUT2D eigenvalue weighted by atomic mass is 10.1. The van der Waals surface area contributed by atoms with E-state index in [2.05, 4.69) is 5.32 Å². The van der Waals surface area contributed by atoms with Crippen molar-refractivity contribution in [3.63, 3.8) is 0 Å². The topological polar surface area (TPSA) is 68.5 Å². The number of anilines is 1. The van der Waals surface area contributed by atoms with Crippen LogP contribution in [0.15, 0.2) is 65.1 Å². The molecule has 1 heterocycles. The molecule has 1 amide bonds. The second kappa shape index (κ2) is 8.40. The summed E-state index contributed by atoms with van der Waals surface area (Å²) in [5.74, 6) is -2.69. The Kier molecular flexibility index (Phi) is 5.91. The Hall–Kier alpha value is -3.62. The molecule has 0 aliphatic carbocycles. The number of carbonyl (C=O) groups is 2. The van der Waals surface area contributed by atoms with Gasteiger partial charge in [0, 0.05) is 5.56 Å². The van der Waals surface area contributed by atoms with E-state index in [1.165, 1.54) is 49.4 Å². The predicted octanol–water partition coefficient (Wildman–Crippen LogP) is 5.29. The summed E-state index contributed by atoms with van der Waals surface area (Å²) < 4.78 is 62.4. The van der Waals surface area contributed by atoms with Crippen LogP contribution >= 0.6 is 0 Å². The number of esters is 1. The number of hydrogen-bond acceptors (Lipinski definition) is 4. The molecule has 0 aliphatic rings. The number of rotatable bonds is 5. The van der Waals surface area contributed by atoms with Gasteiger partial charge in [0.15, 0.2) is 6.10 Å². The Morgan fingerprint density at radius 3 is 2.47 bits per heavy atom. The number of hydrogen-bond donors (Lipinski definition) is 1. The van der Waals surface area contributed by atoms with Crippen molar-refractivity contribution >= 4 is 17.6 Å². The summed E-state index contributed by atoms with van der Waals surface area (Å²) in [7, 11) is 0. The normalized spacial score (nSPS) is 12.3. The number of alkyl halides is 3. The lowest BCUT2D eigenvalue weighted by molar-refractivity contribution is -0.137. The van der Waals surface area contributed by atoms with Gasteiger partial charge >= 0.3 is 12.1 Å². The van der Waals surface area contributed by atoms with Crippen molar-refractivity contribution < 1.29 is 36.3 Å². The first-order chi connectivity index (χ1) is 14.1. The second-order valence-electron chi connectivity index (χ2n) is 6.26. The van der Waals surface area contributed by atoms with Gasteiger partial charge in [-0.05, 0) is 43.3 Å². The van der Waals surface area contributed by atoms with Crippen molar-refractivity contribution in [2.75, 3.05) is 5.32 Å². The number of benzene rings is 2. The lowest BCUT2D eigenvalue weighted by Gasteiger charge is -2.13. The quantitative estimate of drug-likeness (QED) is 0.449. The first-order valence-electron chi connectivity index (χ1n) is 8.69. The molecule has 0 radical (unpaired) electrons. The van der Waals surface area contributed by atoms with Crippen molar-refractivity contribution in [3.8, 4) is 11.3 Å². The summed E-state index contributed by atoms with van der Waals surface area (Å²) in [6, 6.07) is 12.4. The molecule has 0 saturated carbocycles. The maximum atomic E-state index is 13.6. The van der Waals surface area contributed by atoms with Crippen molar-refractivity contribution in [3.05, 3.63) is 77.8 Å². The third kappa shape index (κ3) is 4.86. The maximum Gasteiger partial charge on any atom is 0.416 e. The molecule has 3 aromatic rings. The standard InChI is InChI=1S/C21H15F4NO4/c1-12(19(27)26-16-8-3-2-7-15(16)22)29-20(28)18-10-9-17(30-18)13-5-4-6-14(11-13)21(23,24)25/h2-12H,1H3,(H,26,27)/t12-/m1/s1. The fourth-order valence-electron chi connectivity index (χ4n) is 2.52. The highest BCUT2D eigenvalue weighted by molar-refractivity contribution is 5.96. The van der Waals surface area contributed by atoms with E-state index in [4.69, 9.17) is 9.15 Å². The molecular formula is C21H15F4NO4. The van der Waals surface area contributed by atoms with Gasteiger partial charge in [0.25, 0.3) is 5.91 Å². The molecule has 30 heavy (non-hydrogen) atoms. The van der Waals surface area contributed by atoms with Gasteiger partial charge < -0.3 is 14.5 Å². The van der Waals surface area contributed by atoms with Crippen LogP contribution in [0.1, 0.15) is 23.0 Å². The zero-order valence-corrected chi connectivity index (χ0v) is 15.5. The van der Waals surface area contributed by atoms with E-state index in [0.717, 1.165) is 18.2 Å². The predicted molar refractivity (Wildman–Crippen MR) is 99.1 cm³/mol. The zero-order valence-electron chi connectivity index (χ0n) is 15.5. The van der Waals surface area contributed by atoms with Crippen LogP contribution in [0.5, 0.6) is 0 Å². The molecule has 156 valence electrons. The maximum absolute atomic E-state index is 13.6. The fraction of sp³-hybridized carbons (Fsp3) is 0.143. The monoisotopic (exact) mass is 421 g/mol. The Balaban J connectivity index is 1.68. The van der Waals surface area contributed by atoms with Crippen molar-refractivity contribution in [2.24, 2.45) is 0 Å². The highest BCUT2D eigenvalue weighted by Crippen LogP contribution is 2.32. The van der Waals surface area contributed by atoms with Crippen LogP contribution in [0.4, 0.5) is 23.2 Å². The third-order valence-corrected chi connectivity index (χ3v) is 4.07. The molecule has 1 N–H and O–H groups in total. The van der Waals surface area contributed by atoms with Crippen LogP contribution in [0.2, 0.25) is 0 Å². The van der Waals surface area contributed by atoms with Gasteiger partial charge in [-0.15, -0.1) is 0 Å².